The second-order valence-electron chi connectivity index (χ2n) is 3.85. The summed E-state index contributed by atoms with van der Waals surface area (Å²) < 4.78 is 0. The average Bonchev–Trinajstić information content (AvgIpc) is 2.56. The lowest BCUT2D eigenvalue weighted by Crippen LogP contribution is -2.29. The first kappa shape index (κ1) is 6.41. The molecule has 0 amide bonds. The predicted octanol–water partition coefficient (Wildman–Crippen LogP) is 1.72. The van der Waals surface area contributed by atoms with Crippen molar-refractivity contribution in [1.29, 1.82) is 0 Å². The van der Waals surface area contributed by atoms with Crippen LogP contribution in [0.1, 0.15) is 26.2 Å². The Morgan fingerprint density at radius 2 is 2.40 bits per heavy atom. The van der Waals surface area contributed by atoms with Crippen molar-refractivity contribution < 1.29 is 5.11 Å². The van der Waals surface area contributed by atoms with Crippen molar-refractivity contribution in [3.05, 3.63) is 12.2 Å². The lowest BCUT2D eigenvalue weighted by atomic mass is 9.91. The van der Waals surface area contributed by atoms with Crippen LogP contribution in [0.25, 0.3) is 0 Å². The van der Waals surface area contributed by atoms with Gasteiger partial charge in [-0.15, -0.1) is 0 Å². The molecule has 2 fully saturated rings. The van der Waals surface area contributed by atoms with Crippen molar-refractivity contribution in [2.45, 2.75) is 31.8 Å². The summed E-state index contributed by atoms with van der Waals surface area (Å²) in [5, 5.41) is 9.98. The molecule has 0 aliphatic heterocycles. The summed E-state index contributed by atoms with van der Waals surface area (Å²) in [5.41, 5.74) is 0.502. The topological polar surface area (TPSA) is 20.2 Å². The van der Waals surface area contributed by atoms with Crippen LogP contribution in [0.5, 0.6) is 0 Å². The van der Waals surface area contributed by atoms with Gasteiger partial charge in [0.25, 0.3) is 0 Å². The van der Waals surface area contributed by atoms with Gasteiger partial charge < -0.3 is 5.11 Å². The van der Waals surface area contributed by atoms with Crippen molar-refractivity contribution in [2.24, 2.45) is 11.8 Å². The number of rotatable bonds is 1. The van der Waals surface area contributed by atoms with Crippen LogP contribution in [0.15, 0.2) is 12.2 Å². The second kappa shape index (κ2) is 1.65. The first-order valence-electron chi connectivity index (χ1n) is 4.03. The summed E-state index contributed by atoms with van der Waals surface area (Å²) in [7, 11) is 0. The van der Waals surface area contributed by atoms with E-state index in [2.05, 4.69) is 6.58 Å². The van der Waals surface area contributed by atoms with Gasteiger partial charge >= 0.3 is 0 Å². The van der Waals surface area contributed by atoms with E-state index in [9.17, 15) is 5.11 Å². The highest BCUT2D eigenvalue weighted by molar-refractivity contribution is 5.22. The minimum atomic E-state index is -0.468. The lowest BCUT2D eigenvalue weighted by molar-refractivity contribution is 0.0634. The molecular weight excluding hydrogens is 124 g/mol. The number of hydrogen-bond acceptors (Lipinski definition) is 1. The molecule has 2 rings (SSSR count). The van der Waals surface area contributed by atoms with Crippen molar-refractivity contribution >= 4 is 0 Å². The Balaban J connectivity index is 2.21. The van der Waals surface area contributed by atoms with Gasteiger partial charge in [-0.2, -0.15) is 0 Å². The molecule has 2 saturated carbocycles. The van der Waals surface area contributed by atoms with Crippen LogP contribution in [0.3, 0.4) is 0 Å². The third kappa shape index (κ3) is 0.615. The summed E-state index contributed by atoms with van der Waals surface area (Å²) in [5.74, 6) is 1.41. The maximum atomic E-state index is 9.98. The Kier molecular flexibility index (Phi) is 1.06. The van der Waals surface area contributed by atoms with Gasteiger partial charge in [0, 0.05) is 0 Å². The van der Waals surface area contributed by atoms with Gasteiger partial charge in [-0.3, -0.25) is 0 Å². The Hall–Kier alpha value is -0.300. The van der Waals surface area contributed by atoms with Crippen molar-refractivity contribution in [2.75, 3.05) is 0 Å². The molecule has 0 aromatic rings. The Morgan fingerprint density at radius 3 is 2.60 bits per heavy atom. The summed E-state index contributed by atoms with van der Waals surface area (Å²) >= 11 is 0. The maximum absolute atomic E-state index is 9.98. The minimum absolute atomic E-state index is 0.468. The van der Waals surface area contributed by atoms with Gasteiger partial charge in [-0.25, -0.2) is 0 Å². The van der Waals surface area contributed by atoms with Crippen LogP contribution in [-0.2, 0) is 0 Å². The molecule has 0 aromatic carbocycles. The monoisotopic (exact) mass is 138 g/mol. The SMILES string of the molecule is C=C(C)C1(O)CCC2CC21. The lowest BCUT2D eigenvalue weighted by Gasteiger charge is -2.24. The van der Waals surface area contributed by atoms with Gasteiger partial charge in [0.05, 0.1) is 5.60 Å². The fourth-order valence-electron chi connectivity index (χ4n) is 2.27. The molecule has 2 aliphatic rings. The predicted molar refractivity (Wildman–Crippen MR) is 40.6 cm³/mol. The van der Waals surface area contributed by atoms with E-state index in [-0.39, 0.29) is 0 Å². The smallest absolute Gasteiger partial charge is 0.0882 e. The summed E-state index contributed by atoms with van der Waals surface area (Å²) in [6.45, 7) is 5.78. The highest BCUT2D eigenvalue weighted by Gasteiger charge is 2.57. The van der Waals surface area contributed by atoms with Gasteiger partial charge in [-0.05, 0) is 43.6 Å². The third-order valence-corrected chi connectivity index (χ3v) is 3.17. The summed E-state index contributed by atoms with van der Waals surface area (Å²) in [4.78, 5) is 0. The van der Waals surface area contributed by atoms with E-state index in [1.54, 1.807) is 0 Å². The fraction of sp³-hybridized carbons (Fsp3) is 0.778. The maximum Gasteiger partial charge on any atom is 0.0882 e. The molecule has 56 valence electrons. The molecule has 0 heterocycles. The summed E-state index contributed by atoms with van der Waals surface area (Å²) in [6, 6.07) is 0. The number of hydrogen-bond donors (Lipinski definition) is 1. The molecule has 0 radical (unpaired) electrons. The highest BCUT2D eigenvalue weighted by atomic mass is 16.3. The molecule has 1 heteroatoms. The molecule has 2 aliphatic carbocycles. The van der Waals surface area contributed by atoms with Gasteiger partial charge in [-0.1, -0.05) is 6.58 Å². The number of aliphatic hydroxyl groups is 1. The fourth-order valence-corrected chi connectivity index (χ4v) is 2.27. The molecule has 3 unspecified atom stereocenters. The molecular formula is C9H14O. The van der Waals surface area contributed by atoms with E-state index in [4.69, 9.17) is 0 Å². The first-order valence-corrected chi connectivity index (χ1v) is 4.03. The zero-order valence-corrected chi connectivity index (χ0v) is 6.43. The molecule has 1 nitrogen and oxygen atoms in total. The number of fused-ring (bicyclic) bond motifs is 1. The van der Waals surface area contributed by atoms with Crippen molar-refractivity contribution in [3.8, 4) is 0 Å². The van der Waals surface area contributed by atoms with E-state index in [0.29, 0.717) is 5.92 Å². The molecule has 0 saturated heterocycles. The Morgan fingerprint density at radius 1 is 1.70 bits per heavy atom. The zero-order valence-electron chi connectivity index (χ0n) is 6.43. The molecule has 0 bridgehead atoms. The van der Waals surface area contributed by atoms with E-state index < -0.39 is 5.60 Å². The zero-order chi connectivity index (χ0) is 7.35. The average molecular weight is 138 g/mol. The Labute approximate surface area is 61.8 Å². The normalized spacial score (nSPS) is 50.6. The Bertz CT molecular complexity index is 185. The van der Waals surface area contributed by atoms with Crippen LogP contribution >= 0.6 is 0 Å². The molecule has 1 N–H and O–H groups in total. The van der Waals surface area contributed by atoms with Gasteiger partial charge in [0.1, 0.15) is 0 Å². The largest absolute Gasteiger partial charge is 0.385 e. The molecule has 0 aromatic heterocycles. The minimum Gasteiger partial charge on any atom is -0.385 e. The van der Waals surface area contributed by atoms with Crippen molar-refractivity contribution in [3.63, 3.8) is 0 Å². The third-order valence-electron chi connectivity index (χ3n) is 3.17. The molecule has 10 heavy (non-hydrogen) atoms. The molecule has 3 atom stereocenters. The van der Waals surface area contributed by atoms with E-state index >= 15 is 0 Å². The highest BCUT2D eigenvalue weighted by Crippen LogP contribution is 2.59. The van der Waals surface area contributed by atoms with Crippen LogP contribution in [-0.4, -0.2) is 10.7 Å². The van der Waals surface area contributed by atoms with Gasteiger partial charge in [0.15, 0.2) is 0 Å². The van der Waals surface area contributed by atoms with Crippen LogP contribution < -0.4 is 0 Å². The van der Waals surface area contributed by atoms with Crippen LogP contribution in [0, 0.1) is 11.8 Å². The van der Waals surface area contributed by atoms with E-state index in [1.807, 2.05) is 6.92 Å². The van der Waals surface area contributed by atoms with Gasteiger partial charge in [0.2, 0.25) is 0 Å². The van der Waals surface area contributed by atoms with Crippen LogP contribution in [0.2, 0.25) is 0 Å². The summed E-state index contributed by atoms with van der Waals surface area (Å²) in [6.07, 6.45) is 3.41. The standard InChI is InChI=1S/C9H14O/c1-6(2)9(10)4-3-7-5-8(7)9/h7-8,10H,1,3-5H2,2H3. The van der Waals surface area contributed by atoms with Crippen LogP contribution in [0.4, 0.5) is 0 Å². The first-order chi connectivity index (χ1) is 4.64. The van der Waals surface area contributed by atoms with Crippen molar-refractivity contribution in [1.82, 2.24) is 0 Å². The van der Waals surface area contributed by atoms with E-state index in [1.165, 1.54) is 12.8 Å². The second-order valence-corrected chi connectivity index (χ2v) is 3.85. The molecule has 0 spiro atoms. The quantitative estimate of drug-likeness (QED) is 0.547. The van der Waals surface area contributed by atoms with E-state index in [0.717, 1.165) is 17.9 Å².